The van der Waals surface area contributed by atoms with Crippen molar-refractivity contribution >= 4 is 33.2 Å². The van der Waals surface area contributed by atoms with Gasteiger partial charge in [0.25, 0.3) is 5.91 Å². The molecule has 8 heteroatoms. The second kappa shape index (κ2) is 9.09. The number of carbonyl (C=O) groups excluding carboxylic acids is 1. The van der Waals surface area contributed by atoms with Gasteiger partial charge in [-0.25, -0.2) is 8.42 Å². The zero-order valence-corrected chi connectivity index (χ0v) is 18.2. The van der Waals surface area contributed by atoms with Crippen LogP contribution in [0.2, 0.25) is 5.02 Å². The van der Waals surface area contributed by atoms with E-state index in [9.17, 15) is 13.2 Å². The fourth-order valence-corrected chi connectivity index (χ4v) is 5.08. The Morgan fingerprint density at radius 3 is 2.58 bits per heavy atom. The zero-order valence-electron chi connectivity index (χ0n) is 16.6. The van der Waals surface area contributed by atoms with Gasteiger partial charge in [-0.2, -0.15) is 4.31 Å². The normalized spacial score (nSPS) is 14.0. The van der Waals surface area contributed by atoms with Crippen LogP contribution in [0, 0.1) is 0 Å². The van der Waals surface area contributed by atoms with Gasteiger partial charge in [-0.15, -0.1) is 0 Å². The van der Waals surface area contributed by atoms with Crippen LogP contribution in [-0.4, -0.2) is 31.8 Å². The molecule has 3 aromatic rings. The predicted molar refractivity (Wildman–Crippen MR) is 120 cm³/mol. The summed E-state index contributed by atoms with van der Waals surface area (Å²) >= 11 is 5.91. The lowest BCUT2D eigenvalue weighted by atomic mass is 10.0. The molecule has 1 N–H and O–H groups in total. The summed E-state index contributed by atoms with van der Waals surface area (Å²) in [6.07, 6.45) is 0.619. The van der Waals surface area contributed by atoms with Crippen molar-refractivity contribution in [1.29, 1.82) is 0 Å². The molecule has 0 aromatic heterocycles. The van der Waals surface area contributed by atoms with Crippen LogP contribution >= 0.6 is 11.6 Å². The Bertz CT molecular complexity index is 1200. The number of anilines is 1. The van der Waals surface area contributed by atoms with E-state index < -0.39 is 10.0 Å². The minimum absolute atomic E-state index is 0.161. The van der Waals surface area contributed by atoms with Crippen LogP contribution in [0.25, 0.3) is 0 Å². The third kappa shape index (κ3) is 5.07. The number of halogens is 1. The SMILES string of the molecule is O=C(COc1cccc(Cl)c1)Nc1ccc2c(c1)CN(S(=O)(=O)c1ccccc1)CC2. The molecule has 0 saturated carbocycles. The molecule has 1 aliphatic rings. The molecule has 1 aliphatic heterocycles. The Kier molecular flexibility index (Phi) is 6.27. The summed E-state index contributed by atoms with van der Waals surface area (Å²) in [5.74, 6) is 0.194. The molecule has 160 valence electrons. The number of amides is 1. The number of nitrogens with one attached hydrogen (secondary N) is 1. The maximum Gasteiger partial charge on any atom is 0.262 e. The van der Waals surface area contributed by atoms with Crippen molar-refractivity contribution in [3.63, 3.8) is 0 Å². The summed E-state index contributed by atoms with van der Waals surface area (Å²) in [5.41, 5.74) is 2.55. The molecule has 0 spiro atoms. The minimum Gasteiger partial charge on any atom is -0.484 e. The highest BCUT2D eigenvalue weighted by Crippen LogP contribution is 2.27. The number of rotatable bonds is 6. The van der Waals surface area contributed by atoms with Gasteiger partial charge in [-0.1, -0.05) is 41.9 Å². The molecule has 1 heterocycles. The molecule has 1 amide bonds. The summed E-state index contributed by atoms with van der Waals surface area (Å²) in [6.45, 7) is 0.518. The lowest BCUT2D eigenvalue weighted by Gasteiger charge is -2.28. The summed E-state index contributed by atoms with van der Waals surface area (Å²) in [7, 11) is -3.57. The smallest absolute Gasteiger partial charge is 0.262 e. The molecule has 0 saturated heterocycles. The largest absolute Gasteiger partial charge is 0.484 e. The van der Waals surface area contributed by atoms with Gasteiger partial charge < -0.3 is 10.1 Å². The summed E-state index contributed by atoms with van der Waals surface area (Å²) < 4.78 is 32.8. The Hall–Kier alpha value is -2.87. The first kappa shape index (κ1) is 21.4. The third-order valence-electron chi connectivity index (χ3n) is 5.01. The summed E-state index contributed by atoms with van der Waals surface area (Å²) in [5, 5.41) is 3.33. The molecule has 6 nitrogen and oxygen atoms in total. The Balaban J connectivity index is 1.43. The molecule has 0 aliphatic carbocycles. The van der Waals surface area contributed by atoms with Crippen molar-refractivity contribution in [2.24, 2.45) is 0 Å². The van der Waals surface area contributed by atoms with Crippen molar-refractivity contribution in [3.05, 3.63) is 88.9 Å². The van der Waals surface area contributed by atoms with Crippen LogP contribution in [0.1, 0.15) is 11.1 Å². The van der Waals surface area contributed by atoms with Gasteiger partial charge in [-0.05, 0) is 60.0 Å². The maximum absolute atomic E-state index is 12.9. The topological polar surface area (TPSA) is 75.7 Å². The van der Waals surface area contributed by atoms with E-state index in [2.05, 4.69) is 5.32 Å². The van der Waals surface area contributed by atoms with Gasteiger partial charge in [-0.3, -0.25) is 4.79 Å². The van der Waals surface area contributed by atoms with E-state index in [1.165, 1.54) is 4.31 Å². The molecule has 0 radical (unpaired) electrons. The number of hydrogen-bond acceptors (Lipinski definition) is 4. The first-order valence-corrected chi connectivity index (χ1v) is 11.6. The average molecular weight is 457 g/mol. The van der Waals surface area contributed by atoms with Crippen molar-refractivity contribution in [1.82, 2.24) is 4.31 Å². The molecular formula is C23H21ClN2O4S. The van der Waals surface area contributed by atoms with Crippen LogP contribution in [0.15, 0.2) is 77.7 Å². The van der Waals surface area contributed by atoms with Crippen molar-refractivity contribution < 1.29 is 17.9 Å². The lowest BCUT2D eigenvalue weighted by molar-refractivity contribution is -0.118. The molecule has 4 rings (SSSR count). The fourth-order valence-electron chi connectivity index (χ4n) is 3.46. The van der Waals surface area contributed by atoms with Crippen molar-refractivity contribution in [2.75, 3.05) is 18.5 Å². The quantitative estimate of drug-likeness (QED) is 0.605. The van der Waals surface area contributed by atoms with Crippen LogP contribution in [-0.2, 0) is 27.8 Å². The Morgan fingerprint density at radius 2 is 1.81 bits per heavy atom. The molecule has 0 atom stereocenters. The van der Waals surface area contributed by atoms with Crippen LogP contribution in [0.5, 0.6) is 5.75 Å². The Morgan fingerprint density at radius 1 is 1.00 bits per heavy atom. The molecule has 0 bridgehead atoms. The molecule has 31 heavy (non-hydrogen) atoms. The number of fused-ring (bicyclic) bond motifs is 1. The fraction of sp³-hybridized carbons (Fsp3) is 0.174. The van der Waals surface area contributed by atoms with E-state index in [0.29, 0.717) is 29.4 Å². The van der Waals surface area contributed by atoms with Gasteiger partial charge in [0.2, 0.25) is 10.0 Å². The Labute approximate surface area is 186 Å². The molecule has 0 fully saturated rings. The highest BCUT2D eigenvalue weighted by atomic mass is 35.5. The molecule has 3 aromatic carbocycles. The third-order valence-corrected chi connectivity index (χ3v) is 7.11. The number of ether oxygens (including phenoxy) is 1. The highest BCUT2D eigenvalue weighted by Gasteiger charge is 2.28. The number of sulfonamides is 1. The average Bonchev–Trinajstić information content (AvgIpc) is 2.78. The predicted octanol–water partition coefficient (Wildman–Crippen LogP) is 4.10. The lowest BCUT2D eigenvalue weighted by Crippen LogP contribution is -2.36. The van der Waals surface area contributed by atoms with Crippen molar-refractivity contribution in [2.45, 2.75) is 17.9 Å². The van der Waals surface area contributed by atoms with Crippen molar-refractivity contribution in [3.8, 4) is 5.75 Å². The monoisotopic (exact) mass is 456 g/mol. The second-order valence-corrected chi connectivity index (χ2v) is 9.55. The van der Waals surface area contributed by atoms with Crippen LogP contribution in [0.3, 0.4) is 0 Å². The number of carbonyl (C=O) groups is 1. The second-order valence-electron chi connectivity index (χ2n) is 7.18. The zero-order chi connectivity index (χ0) is 21.8. The van der Waals surface area contributed by atoms with E-state index >= 15 is 0 Å². The van der Waals surface area contributed by atoms with Gasteiger partial charge >= 0.3 is 0 Å². The van der Waals surface area contributed by atoms with E-state index in [0.717, 1.165) is 11.1 Å². The van der Waals surface area contributed by atoms with Gasteiger partial charge in [0, 0.05) is 23.8 Å². The highest BCUT2D eigenvalue weighted by molar-refractivity contribution is 7.89. The van der Waals surface area contributed by atoms with E-state index in [4.69, 9.17) is 16.3 Å². The van der Waals surface area contributed by atoms with Crippen LogP contribution in [0.4, 0.5) is 5.69 Å². The minimum atomic E-state index is -3.57. The standard InChI is InChI=1S/C23H21ClN2O4S/c24-19-5-4-6-21(14-19)30-16-23(27)25-20-10-9-17-11-12-26(15-18(17)13-20)31(28,29)22-7-2-1-3-8-22/h1-10,13-14H,11-12,15-16H2,(H,25,27). The van der Waals surface area contributed by atoms with Gasteiger partial charge in [0.15, 0.2) is 6.61 Å². The van der Waals surface area contributed by atoms with Gasteiger partial charge in [0.05, 0.1) is 4.90 Å². The van der Waals surface area contributed by atoms with Gasteiger partial charge in [0.1, 0.15) is 5.75 Å². The summed E-state index contributed by atoms with van der Waals surface area (Å²) in [4.78, 5) is 12.6. The number of nitrogens with zero attached hydrogens (tertiary/aromatic N) is 1. The first-order valence-electron chi connectivity index (χ1n) is 9.77. The summed E-state index contributed by atoms with van der Waals surface area (Å²) in [6, 6.07) is 20.8. The van der Waals surface area contributed by atoms with Crippen LogP contribution < -0.4 is 10.1 Å². The molecular weight excluding hydrogens is 436 g/mol. The number of hydrogen-bond donors (Lipinski definition) is 1. The molecule has 0 unspecified atom stereocenters. The van der Waals surface area contributed by atoms with E-state index in [-0.39, 0.29) is 24.0 Å². The number of benzene rings is 3. The maximum atomic E-state index is 12.9. The van der Waals surface area contributed by atoms with E-state index in [1.54, 1.807) is 54.6 Å². The first-order chi connectivity index (χ1) is 14.9. The van der Waals surface area contributed by atoms with E-state index in [1.807, 2.05) is 18.2 Å².